The second-order valence-electron chi connectivity index (χ2n) is 3.93. The van der Waals surface area contributed by atoms with Gasteiger partial charge in [-0.15, -0.1) is 0 Å². The van der Waals surface area contributed by atoms with Gasteiger partial charge in [-0.2, -0.15) is 4.31 Å². The van der Waals surface area contributed by atoms with Gasteiger partial charge in [0.15, 0.2) is 5.03 Å². The van der Waals surface area contributed by atoms with E-state index in [1.807, 2.05) is 30.3 Å². The first-order valence-electron chi connectivity index (χ1n) is 5.73. The summed E-state index contributed by atoms with van der Waals surface area (Å²) in [6, 6.07) is 9.50. The zero-order chi connectivity index (χ0) is 13.7. The van der Waals surface area contributed by atoms with Gasteiger partial charge < -0.3 is 4.98 Å². The van der Waals surface area contributed by atoms with Crippen molar-refractivity contribution in [2.24, 2.45) is 0 Å². The van der Waals surface area contributed by atoms with E-state index in [4.69, 9.17) is 0 Å². The molecule has 0 fully saturated rings. The van der Waals surface area contributed by atoms with E-state index in [1.165, 1.54) is 16.8 Å². The third-order valence-corrected chi connectivity index (χ3v) is 4.75. The van der Waals surface area contributed by atoms with Crippen LogP contribution in [0.3, 0.4) is 0 Å². The molecule has 7 heteroatoms. The molecule has 0 saturated heterocycles. The second-order valence-corrected chi connectivity index (χ2v) is 6.63. The molecule has 2 rings (SSSR count). The summed E-state index contributed by atoms with van der Waals surface area (Å²) in [4.78, 5) is 6.41. The molecule has 0 saturated carbocycles. The maximum Gasteiger partial charge on any atom is 0.260 e. The molecular formula is C12H14BrN3O2S. The minimum Gasteiger partial charge on any atom is -0.335 e. The molecule has 0 spiro atoms. The first kappa shape index (κ1) is 14.2. The van der Waals surface area contributed by atoms with Crippen molar-refractivity contribution in [2.45, 2.75) is 11.6 Å². The molecule has 5 nitrogen and oxygen atoms in total. The van der Waals surface area contributed by atoms with Crippen molar-refractivity contribution < 1.29 is 8.42 Å². The summed E-state index contributed by atoms with van der Waals surface area (Å²) in [6.45, 7) is 0.740. The van der Waals surface area contributed by atoms with Crippen LogP contribution in [0.25, 0.3) is 0 Å². The second kappa shape index (κ2) is 6.31. The van der Waals surface area contributed by atoms with Gasteiger partial charge in [-0.3, -0.25) is 0 Å². The van der Waals surface area contributed by atoms with Gasteiger partial charge in [0.2, 0.25) is 0 Å². The van der Waals surface area contributed by atoms with Gasteiger partial charge >= 0.3 is 0 Å². The zero-order valence-corrected chi connectivity index (χ0v) is 12.6. The monoisotopic (exact) mass is 343 g/mol. The van der Waals surface area contributed by atoms with Crippen LogP contribution in [0, 0.1) is 0 Å². The maximum absolute atomic E-state index is 12.4. The Bertz CT molecular complexity index is 599. The molecule has 102 valence electrons. The van der Waals surface area contributed by atoms with E-state index in [9.17, 15) is 8.42 Å². The van der Waals surface area contributed by atoms with Gasteiger partial charge in [0.05, 0.1) is 12.5 Å². The van der Waals surface area contributed by atoms with Crippen LogP contribution < -0.4 is 0 Å². The molecule has 1 aromatic carbocycles. The lowest BCUT2D eigenvalue weighted by Gasteiger charge is -2.20. The Morgan fingerprint density at radius 1 is 1.26 bits per heavy atom. The number of rotatable bonds is 6. The fraction of sp³-hybridized carbons (Fsp3) is 0.250. The number of H-pyrrole nitrogens is 1. The highest BCUT2D eigenvalue weighted by Gasteiger charge is 2.25. The summed E-state index contributed by atoms with van der Waals surface area (Å²) in [7, 11) is -3.53. The molecule has 1 heterocycles. The highest BCUT2D eigenvalue weighted by molar-refractivity contribution is 9.09. The summed E-state index contributed by atoms with van der Waals surface area (Å²) in [5.41, 5.74) is 0.951. The van der Waals surface area contributed by atoms with Crippen molar-refractivity contribution >= 4 is 26.0 Å². The van der Waals surface area contributed by atoms with E-state index in [1.54, 1.807) is 0 Å². The minimum absolute atomic E-state index is 0.115. The number of alkyl halides is 1. The number of hydrogen-bond donors (Lipinski definition) is 1. The van der Waals surface area contributed by atoms with E-state index in [2.05, 4.69) is 25.9 Å². The Hall–Kier alpha value is -1.18. The van der Waals surface area contributed by atoms with Crippen LogP contribution >= 0.6 is 15.9 Å². The van der Waals surface area contributed by atoms with Crippen molar-refractivity contribution in [1.82, 2.24) is 14.3 Å². The van der Waals surface area contributed by atoms with Crippen LogP contribution in [0.15, 0.2) is 47.9 Å². The van der Waals surface area contributed by atoms with Crippen molar-refractivity contribution in [3.63, 3.8) is 0 Å². The van der Waals surface area contributed by atoms with E-state index < -0.39 is 10.0 Å². The van der Waals surface area contributed by atoms with Crippen LogP contribution in [0.5, 0.6) is 0 Å². The summed E-state index contributed by atoms with van der Waals surface area (Å²) in [5, 5.41) is 0.692. The lowest BCUT2D eigenvalue weighted by molar-refractivity contribution is 0.425. The zero-order valence-electron chi connectivity index (χ0n) is 10.2. The van der Waals surface area contributed by atoms with E-state index in [0.717, 1.165) is 5.56 Å². The number of sulfonamides is 1. The summed E-state index contributed by atoms with van der Waals surface area (Å²) in [5.74, 6) is 0. The molecule has 1 aromatic heterocycles. The fourth-order valence-corrected chi connectivity index (χ4v) is 3.68. The topological polar surface area (TPSA) is 66.1 Å². The van der Waals surface area contributed by atoms with E-state index in [0.29, 0.717) is 18.4 Å². The van der Waals surface area contributed by atoms with Crippen molar-refractivity contribution in [3.8, 4) is 0 Å². The Morgan fingerprint density at radius 2 is 2.00 bits per heavy atom. The number of aromatic nitrogens is 2. The smallest absolute Gasteiger partial charge is 0.260 e. The Balaban J connectivity index is 2.26. The highest BCUT2D eigenvalue weighted by Crippen LogP contribution is 2.16. The summed E-state index contributed by atoms with van der Waals surface area (Å²) >= 11 is 3.29. The maximum atomic E-state index is 12.4. The molecule has 0 amide bonds. The average molecular weight is 344 g/mol. The predicted octanol–water partition coefficient (Wildman–Crippen LogP) is 2.00. The SMILES string of the molecule is O=S(=O)(c1cnc[nH]1)N(CCBr)Cc1ccccc1. The summed E-state index contributed by atoms with van der Waals surface area (Å²) in [6.07, 6.45) is 2.68. The number of nitrogens with one attached hydrogen (secondary N) is 1. The Labute approximate surface area is 120 Å². The first-order valence-corrected chi connectivity index (χ1v) is 8.29. The number of aromatic amines is 1. The van der Waals surface area contributed by atoms with Gasteiger partial charge in [0.25, 0.3) is 10.0 Å². The lowest BCUT2D eigenvalue weighted by atomic mass is 10.2. The summed E-state index contributed by atoms with van der Waals surface area (Å²) < 4.78 is 26.3. The van der Waals surface area contributed by atoms with E-state index >= 15 is 0 Å². The average Bonchev–Trinajstić information content (AvgIpc) is 2.94. The normalized spacial score (nSPS) is 11.9. The van der Waals surface area contributed by atoms with Gasteiger partial charge in [0, 0.05) is 18.4 Å². The molecule has 0 atom stereocenters. The first-order chi connectivity index (χ1) is 9.14. The molecule has 0 aliphatic heterocycles. The third kappa shape index (κ3) is 3.43. The highest BCUT2D eigenvalue weighted by atomic mass is 79.9. The molecular weight excluding hydrogens is 330 g/mol. The number of nitrogens with zero attached hydrogens (tertiary/aromatic N) is 2. The van der Waals surface area contributed by atoms with Crippen LogP contribution in [-0.2, 0) is 16.6 Å². The van der Waals surface area contributed by atoms with E-state index in [-0.39, 0.29) is 5.03 Å². The fourth-order valence-electron chi connectivity index (χ4n) is 1.69. The number of hydrogen-bond acceptors (Lipinski definition) is 3. The van der Waals surface area contributed by atoms with Gasteiger partial charge in [-0.25, -0.2) is 13.4 Å². The van der Waals surface area contributed by atoms with Crippen LogP contribution in [-0.4, -0.2) is 34.6 Å². The predicted molar refractivity (Wildman–Crippen MR) is 76.4 cm³/mol. The Morgan fingerprint density at radius 3 is 2.58 bits per heavy atom. The molecule has 0 unspecified atom stereocenters. The van der Waals surface area contributed by atoms with Crippen LogP contribution in [0.2, 0.25) is 0 Å². The molecule has 0 aliphatic carbocycles. The van der Waals surface area contributed by atoms with Gasteiger partial charge in [-0.1, -0.05) is 46.3 Å². The molecule has 0 radical (unpaired) electrons. The number of benzene rings is 1. The molecule has 0 aliphatic rings. The lowest BCUT2D eigenvalue weighted by Crippen LogP contribution is -2.32. The minimum atomic E-state index is -3.53. The van der Waals surface area contributed by atoms with Crippen molar-refractivity contribution in [3.05, 3.63) is 48.4 Å². The van der Waals surface area contributed by atoms with Gasteiger partial charge in [0.1, 0.15) is 0 Å². The molecule has 0 bridgehead atoms. The number of halogens is 1. The quantitative estimate of drug-likeness (QED) is 0.815. The Kier molecular flexibility index (Phi) is 4.73. The standard InChI is InChI=1S/C12H14BrN3O2S/c13-6-7-16(9-11-4-2-1-3-5-11)19(17,18)12-8-14-10-15-12/h1-5,8,10H,6-7,9H2,(H,14,15). The molecule has 19 heavy (non-hydrogen) atoms. The van der Waals surface area contributed by atoms with Crippen molar-refractivity contribution in [2.75, 3.05) is 11.9 Å². The van der Waals surface area contributed by atoms with Gasteiger partial charge in [-0.05, 0) is 5.56 Å². The molecule has 1 N–H and O–H groups in total. The van der Waals surface area contributed by atoms with Crippen molar-refractivity contribution in [1.29, 1.82) is 0 Å². The largest absolute Gasteiger partial charge is 0.335 e. The number of imidazole rings is 1. The third-order valence-electron chi connectivity index (χ3n) is 2.63. The van der Waals surface area contributed by atoms with Crippen LogP contribution in [0.4, 0.5) is 0 Å². The van der Waals surface area contributed by atoms with Crippen LogP contribution in [0.1, 0.15) is 5.56 Å². The molecule has 2 aromatic rings.